The molecule has 2 heteroatoms. The Morgan fingerprint density at radius 1 is 0.322 bits per heavy atom. The predicted octanol–water partition coefficient (Wildman–Crippen LogP) is 15.1. The van der Waals surface area contributed by atoms with Gasteiger partial charge in [-0.2, -0.15) is 0 Å². The Morgan fingerprint density at radius 3 is 1.56 bits per heavy atom. The average Bonchev–Trinajstić information content (AvgIpc) is 3.53. The van der Waals surface area contributed by atoms with E-state index in [2.05, 4.69) is 214 Å². The van der Waals surface area contributed by atoms with Crippen molar-refractivity contribution in [3.8, 4) is 78.4 Å². The van der Waals surface area contributed by atoms with Crippen LogP contribution in [0, 0.1) is 0 Å². The van der Waals surface area contributed by atoms with Gasteiger partial charge >= 0.3 is 0 Å². The summed E-state index contributed by atoms with van der Waals surface area (Å²) in [6.45, 7) is 4.77. The van der Waals surface area contributed by atoms with Gasteiger partial charge in [0.25, 0.3) is 0 Å². The van der Waals surface area contributed by atoms with Crippen LogP contribution in [0.3, 0.4) is 0 Å². The molecule has 0 unspecified atom stereocenters. The molecule has 0 amide bonds. The van der Waals surface area contributed by atoms with Gasteiger partial charge < -0.3 is 0 Å². The number of fused-ring (bicyclic) bond motifs is 5. The highest BCUT2D eigenvalue weighted by atomic mass is 14.9. The fourth-order valence-corrected chi connectivity index (χ4v) is 9.34. The van der Waals surface area contributed by atoms with Crippen LogP contribution in [0.25, 0.3) is 100.0 Å². The highest BCUT2D eigenvalue weighted by Gasteiger charge is 2.38. The molecule has 10 aromatic rings. The molecular formula is C57H40N2. The monoisotopic (exact) mass is 752 g/mol. The zero-order valence-corrected chi connectivity index (χ0v) is 33.0. The molecule has 1 heterocycles. The molecule has 2 nitrogen and oxygen atoms in total. The van der Waals surface area contributed by atoms with E-state index in [4.69, 9.17) is 9.97 Å². The molecule has 278 valence electrons. The van der Waals surface area contributed by atoms with Crippen LogP contribution in [-0.4, -0.2) is 9.97 Å². The van der Waals surface area contributed by atoms with E-state index < -0.39 is 0 Å². The lowest BCUT2D eigenvalue weighted by Gasteiger charge is -2.25. The fourth-order valence-electron chi connectivity index (χ4n) is 9.34. The molecule has 1 aromatic heterocycles. The number of hydrogen-bond acceptors (Lipinski definition) is 2. The van der Waals surface area contributed by atoms with Crippen molar-refractivity contribution in [1.29, 1.82) is 0 Å². The van der Waals surface area contributed by atoms with Crippen molar-refractivity contribution >= 4 is 21.5 Å². The summed E-state index contributed by atoms with van der Waals surface area (Å²) < 4.78 is 0. The number of aromatic nitrogens is 2. The number of hydrogen-bond donors (Lipinski definition) is 0. The molecule has 0 saturated heterocycles. The van der Waals surface area contributed by atoms with Crippen LogP contribution >= 0.6 is 0 Å². The molecular weight excluding hydrogens is 713 g/mol. The van der Waals surface area contributed by atoms with Gasteiger partial charge in [-0.05, 0) is 101 Å². The van der Waals surface area contributed by atoms with E-state index in [-0.39, 0.29) is 5.41 Å². The highest BCUT2D eigenvalue weighted by Crippen LogP contribution is 2.54. The first kappa shape index (κ1) is 34.8. The first-order valence-corrected chi connectivity index (χ1v) is 20.4. The molecule has 9 aromatic carbocycles. The minimum atomic E-state index is -0.171. The Morgan fingerprint density at radius 2 is 0.831 bits per heavy atom. The van der Waals surface area contributed by atoms with E-state index in [9.17, 15) is 0 Å². The fraction of sp³-hybridized carbons (Fsp3) is 0.0526. The van der Waals surface area contributed by atoms with E-state index >= 15 is 0 Å². The lowest BCUT2D eigenvalue weighted by atomic mass is 9.78. The van der Waals surface area contributed by atoms with Crippen molar-refractivity contribution in [2.75, 3.05) is 0 Å². The summed E-state index contributed by atoms with van der Waals surface area (Å²) in [5, 5.41) is 4.93. The van der Waals surface area contributed by atoms with Gasteiger partial charge in [0, 0.05) is 22.1 Å². The van der Waals surface area contributed by atoms with Crippen molar-refractivity contribution in [3.05, 3.63) is 217 Å². The molecule has 0 bridgehead atoms. The molecule has 0 radical (unpaired) electrons. The molecule has 11 rings (SSSR count). The van der Waals surface area contributed by atoms with Crippen molar-refractivity contribution in [2.24, 2.45) is 0 Å². The Hall–Kier alpha value is -7.42. The molecule has 0 fully saturated rings. The van der Waals surface area contributed by atoms with Crippen LogP contribution in [0.2, 0.25) is 0 Å². The van der Waals surface area contributed by atoms with Crippen LogP contribution in [0.15, 0.2) is 206 Å². The molecule has 1 aliphatic carbocycles. The minimum Gasteiger partial charge on any atom is -0.228 e. The predicted molar refractivity (Wildman–Crippen MR) is 247 cm³/mol. The van der Waals surface area contributed by atoms with Gasteiger partial charge in [0.05, 0.1) is 11.4 Å². The van der Waals surface area contributed by atoms with Crippen molar-refractivity contribution < 1.29 is 0 Å². The maximum Gasteiger partial charge on any atom is 0.160 e. The molecule has 0 saturated carbocycles. The maximum atomic E-state index is 5.29. The SMILES string of the molecule is CC1(C)c2cc3ccccc3cc2-c2cccc(-c3ccc(-c4cc(-c5cccc(-c6ccc(-c7ccccc7)cc6)c5)nc(-c5ccccc5)n4)c4ccccc34)c21. The first-order valence-electron chi connectivity index (χ1n) is 20.4. The largest absolute Gasteiger partial charge is 0.228 e. The third-order valence-electron chi connectivity index (χ3n) is 12.3. The van der Waals surface area contributed by atoms with Crippen molar-refractivity contribution in [1.82, 2.24) is 9.97 Å². The van der Waals surface area contributed by atoms with Crippen molar-refractivity contribution in [3.63, 3.8) is 0 Å². The average molecular weight is 753 g/mol. The Bertz CT molecular complexity index is 3220. The van der Waals surface area contributed by atoms with Gasteiger partial charge in [0.15, 0.2) is 5.82 Å². The quantitative estimate of drug-likeness (QED) is 0.169. The third-order valence-corrected chi connectivity index (χ3v) is 12.3. The Kier molecular flexibility index (Phi) is 8.20. The van der Waals surface area contributed by atoms with Crippen LogP contribution in [0.1, 0.15) is 25.0 Å². The maximum absolute atomic E-state index is 5.29. The second-order valence-corrected chi connectivity index (χ2v) is 16.2. The van der Waals surface area contributed by atoms with E-state index in [1.54, 1.807) is 0 Å². The third kappa shape index (κ3) is 5.96. The van der Waals surface area contributed by atoms with Crippen LogP contribution in [-0.2, 0) is 5.41 Å². The summed E-state index contributed by atoms with van der Waals surface area (Å²) in [7, 11) is 0. The zero-order chi connectivity index (χ0) is 39.5. The van der Waals surface area contributed by atoms with E-state index in [1.165, 1.54) is 60.7 Å². The topological polar surface area (TPSA) is 25.8 Å². The Labute approximate surface area is 345 Å². The molecule has 59 heavy (non-hydrogen) atoms. The summed E-state index contributed by atoms with van der Waals surface area (Å²) in [5.41, 5.74) is 17.4. The van der Waals surface area contributed by atoms with E-state index in [1.807, 2.05) is 6.07 Å². The van der Waals surface area contributed by atoms with E-state index in [0.29, 0.717) is 5.82 Å². The minimum absolute atomic E-state index is 0.171. The second-order valence-electron chi connectivity index (χ2n) is 16.2. The lowest BCUT2D eigenvalue weighted by Crippen LogP contribution is -2.16. The van der Waals surface area contributed by atoms with Gasteiger partial charge in [0.1, 0.15) is 0 Å². The molecule has 0 aliphatic heterocycles. The highest BCUT2D eigenvalue weighted by molar-refractivity contribution is 6.07. The summed E-state index contributed by atoms with van der Waals surface area (Å²) >= 11 is 0. The summed E-state index contributed by atoms with van der Waals surface area (Å²) in [6.07, 6.45) is 0. The van der Waals surface area contributed by atoms with Crippen LogP contribution < -0.4 is 0 Å². The van der Waals surface area contributed by atoms with Crippen molar-refractivity contribution in [2.45, 2.75) is 19.3 Å². The smallest absolute Gasteiger partial charge is 0.160 e. The lowest BCUT2D eigenvalue weighted by molar-refractivity contribution is 0.663. The second kappa shape index (κ2) is 13.9. The number of nitrogens with zero attached hydrogens (tertiary/aromatic N) is 2. The molecule has 0 N–H and O–H groups in total. The molecule has 0 spiro atoms. The number of rotatable bonds is 6. The zero-order valence-electron chi connectivity index (χ0n) is 33.0. The normalized spacial score (nSPS) is 12.7. The number of benzene rings is 9. The molecule has 0 atom stereocenters. The standard InChI is InChI=1S/C57H40N2/c1-57(2)52-35-43-20-10-9-19-42(43)34-51(52)50-26-14-25-49(55(50)57)47-31-32-48(46-24-12-11-23-45(46)47)54-36-53(58-56(59-54)40-17-7-4-8-18-40)44-22-13-21-41(33-44)39-29-27-38(28-30-39)37-15-5-3-6-16-37/h3-36H,1-2H3. The Balaban J connectivity index is 1.04. The summed E-state index contributed by atoms with van der Waals surface area (Å²) in [4.78, 5) is 10.5. The molecule has 1 aliphatic rings. The summed E-state index contributed by atoms with van der Waals surface area (Å²) in [5.74, 6) is 0.705. The first-order chi connectivity index (χ1) is 29.0. The van der Waals surface area contributed by atoms with Gasteiger partial charge in [-0.3, -0.25) is 0 Å². The van der Waals surface area contributed by atoms with Gasteiger partial charge in [-0.25, -0.2) is 9.97 Å². The van der Waals surface area contributed by atoms with Crippen LogP contribution in [0.5, 0.6) is 0 Å². The van der Waals surface area contributed by atoms with E-state index in [0.717, 1.165) is 44.6 Å². The van der Waals surface area contributed by atoms with Crippen LogP contribution in [0.4, 0.5) is 0 Å². The van der Waals surface area contributed by atoms with Gasteiger partial charge in [-0.15, -0.1) is 0 Å². The van der Waals surface area contributed by atoms with Gasteiger partial charge in [0.2, 0.25) is 0 Å². The summed E-state index contributed by atoms with van der Waals surface area (Å²) in [6, 6.07) is 74.3. The van der Waals surface area contributed by atoms with Gasteiger partial charge in [-0.1, -0.05) is 196 Å².